The van der Waals surface area contributed by atoms with Gasteiger partial charge < -0.3 is 15.4 Å². The van der Waals surface area contributed by atoms with Crippen molar-refractivity contribution in [1.29, 1.82) is 0 Å². The zero-order valence-electron chi connectivity index (χ0n) is 9.52. The van der Waals surface area contributed by atoms with Gasteiger partial charge in [0.1, 0.15) is 0 Å². The van der Waals surface area contributed by atoms with E-state index in [1.165, 1.54) is 5.57 Å². The Labute approximate surface area is 101 Å². The second-order valence-corrected chi connectivity index (χ2v) is 5.20. The molecule has 1 fully saturated rings. The van der Waals surface area contributed by atoms with E-state index in [1.807, 2.05) is 11.8 Å². The first-order valence-corrected chi connectivity index (χ1v) is 6.90. The van der Waals surface area contributed by atoms with Crippen LogP contribution >= 0.6 is 11.8 Å². The lowest BCUT2D eigenvalue weighted by Crippen LogP contribution is -2.42. The number of hydrogen-bond donors (Lipinski definition) is 1. The number of thioether (sulfide) groups is 1. The summed E-state index contributed by atoms with van der Waals surface area (Å²) >= 11 is 1.98. The number of rotatable bonds is 2. The topological polar surface area (TPSA) is 50.9 Å². The van der Waals surface area contributed by atoms with Gasteiger partial charge >= 0.3 is 0 Å². The zero-order valence-corrected chi connectivity index (χ0v) is 10.3. The summed E-state index contributed by atoms with van der Waals surface area (Å²) in [6.07, 6.45) is 3.22. The van der Waals surface area contributed by atoms with Gasteiger partial charge in [0.15, 0.2) is 5.96 Å². The van der Waals surface area contributed by atoms with Gasteiger partial charge in [-0.3, -0.25) is 0 Å². The van der Waals surface area contributed by atoms with Gasteiger partial charge in [-0.2, -0.15) is 11.8 Å². The van der Waals surface area contributed by atoms with Crippen molar-refractivity contribution in [2.24, 2.45) is 10.7 Å². The molecule has 0 aromatic heterocycles. The SMILES string of the molecule is NC(=NCC1=CCCOC1)N1CCSCC1. The first-order valence-electron chi connectivity index (χ1n) is 5.74. The molecule has 2 aliphatic heterocycles. The fraction of sp³-hybridized carbons (Fsp3) is 0.727. The van der Waals surface area contributed by atoms with E-state index in [1.54, 1.807) is 0 Å². The van der Waals surface area contributed by atoms with Gasteiger partial charge in [0, 0.05) is 24.6 Å². The van der Waals surface area contributed by atoms with Crippen molar-refractivity contribution in [3.8, 4) is 0 Å². The molecule has 0 atom stereocenters. The van der Waals surface area contributed by atoms with E-state index >= 15 is 0 Å². The Morgan fingerprint density at radius 2 is 2.31 bits per heavy atom. The molecular formula is C11H19N3OS. The number of ether oxygens (including phenoxy) is 1. The molecule has 2 rings (SSSR count). The lowest BCUT2D eigenvalue weighted by Gasteiger charge is -2.27. The van der Waals surface area contributed by atoms with E-state index in [0.29, 0.717) is 19.1 Å². The van der Waals surface area contributed by atoms with Gasteiger partial charge in [-0.25, -0.2) is 4.99 Å². The Balaban J connectivity index is 1.83. The highest BCUT2D eigenvalue weighted by molar-refractivity contribution is 7.99. The molecule has 0 bridgehead atoms. The van der Waals surface area contributed by atoms with Gasteiger partial charge in [-0.05, 0) is 12.0 Å². The highest BCUT2D eigenvalue weighted by atomic mass is 32.2. The zero-order chi connectivity index (χ0) is 11.2. The van der Waals surface area contributed by atoms with E-state index in [9.17, 15) is 0 Å². The number of nitrogens with zero attached hydrogens (tertiary/aromatic N) is 2. The van der Waals surface area contributed by atoms with E-state index in [0.717, 1.165) is 37.6 Å². The molecule has 0 saturated carbocycles. The molecule has 0 amide bonds. The van der Waals surface area contributed by atoms with Crippen LogP contribution in [0.1, 0.15) is 6.42 Å². The van der Waals surface area contributed by atoms with Gasteiger partial charge in [-0.15, -0.1) is 0 Å². The maximum atomic E-state index is 5.96. The van der Waals surface area contributed by atoms with Crippen molar-refractivity contribution in [1.82, 2.24) is 4.90 Å². The highest BCUT2D eigenvalue weighted by Crippen LogP contribution is 2.09. The van der Waals surface area contributed by atoms with Gasteiger partial charge in [0.2, 0.25) is 0 Å². The summed E-state index contributed by atoms with van der Waals surface area (Å²) in [5, 5.41) is 0. The minimum Gasteiger partial charge on any atom is -0.377 e. The molecule has 16 heavy (non-hydrogen) atoms. The summed E-state index contributed by atoms with van der Waals surface area (Å²) in [5.74, 6) is 3.00. The third kappa shape index (κ3) is 3.42. The average molecular weight is 241 g/mol. The van der Waals surface area contributed by atoms with Crippen LogP contribution in [0.2, 0.25) is 0 Å². The maximum Gasteiger partial charge on any atom is 0.191 e. The minimum absolute atomic E-state index is 0.687. The van der Waals surface area contributed by atoms with Crippen LogP contribution in [0.15, 0.2) is 16.6 Å². The molecule has 2 heterocycles. The Kier molecular flexibility index (Phi) is 4.54. The van der Waals surface area contributed by atoms with E-state index < -0.39 is 0 Å². The lowest BCUT2D eigenvalue weighted by molar-refractivity contribution is 0.149. The molecule has 0 aliphatic carbocycles. The van der Waals surface area contributed by atoms with Crippen molar-refractivity contribution in [3.63, 3.8) is 0 Å². The molecule has 0 spiro atoms. The first-order chi connectivity index (χ1) is 7.86. The second-order valence-electron chi connectivity index (χ2n) is 3.98. The van der Waals surface area contributed by atoms with Crippen molar-refractivity contribution in [2.75, 3.05) is 44.4 Å². The average Bonchev–Trinajstić information content (AvgIpc) is 2.38. The smallest absolute Gasteiger partial charge is 0.191 e. The van der Waals surface area contributed by atoms with Gasteiger partial charge in [0.25, 0.3) is 0 Å². The first kappa shape index (κ1) is 11.8. The number of hydrogen-bond acceptors (Lipinski definition) is 3. The standard InChI is InChI=1S/C11H19N3OS/c12-11(14-3-6-16-7-4-14)13-8-10-2-1-5-15-9-10/h2H,1,3-9H2,(H2,12,13). The Bertz CT molecular complexity index is 285. The largest absolute Gasteiger partial charge is 0.377 e. The van der Waals surface area contributed by atoms with E-state index in [2.05, 4.69) is 16.0 Å². The van der Waals surface area contributed by atoms with Crippen LogP contribution < -0.4 is 5.73 Å². The van der Waals surface area contributed by atoms with Crippen LogP contribution in [0.5, 0.6) is 0 Å². The van der Waals surface area contributed by atoms with Crippen molar-refractivity contribution >= 4 is 17.7 Å². The molecule has 0 unspecified atom stereocenters. The molecule has 90 valence electrons. The van der Waals surface area contributed by atoms with Crippen LogP contribution in [0, 0.1) is 0 Å². The summed E-state index contributed by atoms with van der Waals surface area (Å²) in [4.78, 5) is 6.60. The lowest BCUT2D eigenvalue weighted by atomic mass is 10.2. The monoisotopic (exact) mass is 241 g/mol. The Hall–Kier alpha value is -0.680. The fourth-order valence-electron chi connectivity index (χ4n) is 1.79. The quantitative estimate of drug-likeness (QED) is 0.439. The summed E-state index contributed by atoms with van der Waals surface area (Å²) in [5.41, 5.74) is 7.21. The van der Waals surface area contributed by atoms with Crippen LogP contribution in [-0.4, -0.2) is 55.2 Å². The second kappa shape index (κ2) is 6.15. The summed E-state index contributed by atoms with van der Waals surface area (Å²) in [6.45, 7) is 4.29. The van der Waals surface area contributed by atoms with E-state index in [-0.39, 0.29) is 0 Å². The van der Waals surface area contributed by atoms with Crippen LogP contribution in [0.3, 0.4) is 0 Å². The molecule has 2 N–H and O–H groups in total. The normalized spacial score (nSPS) is 23.1. The van der Waals surface area contributed by atoms with Crippen molar-refractivity contribution in [2.45, 2.75) is 6.42 Å². The van der Waals surface area contributed by atoms with E-state index in [4.69, 9.17) is 10.5 Å². The number of aliphatic imine (C=N–C) groups is 1. The van der Waals surface area contributed by atoms with Crippen LogP contribution in [0.25, 0.3) is 0 Å². The van der Waals surface area contributed by atoms with Crippen molar-refractivity contribution in [3.05, 3.63) is 11.6 Å². The minimum atomic E-state index is 0.687. The fourth-order valence-corrected chi connectivity index (χ4v) is 2.70. The summed E-state index contributed by atoms with van der Waals surface area (Å²) < 4.78 is 5.36. The van der Waals surface area contributed by atoms with Crippen LogP contribution in [-0.2, 0) is 4.74 Å². The van der Waals surface area contributed by atoms with Crippen LogP contribution in [0.4, 0.5) is 0 Å². The molecule has 0 aromatic carbocycles. The molecule has 5 heteroatoms. The van der Waals surface area contributed by atoms with Gasteiger partial charge in [0.05, 0.1) is 19.8 Å². The highest BCUT2D eigenvalue weighted by Gasteiger charge is 2.12. The van der Waals surface area contributed by atoms with Gasteiger partial charge in [-0.1, -0.05) is 6.08 Å². The molecule has 0 radical (unpaired) electrons. The third-order valence-corrected chi connectivity index (χ3v) is 3.70. The predicted octanol–water partition coefficient (Wildman–Crippen LogP) is 0.697. The molecule has 1 saturated heterocycles. The molecular weight excluding hydrogens is 222 g/mol. The molecule has 0 aromatic rings. The summed E-state index contributed by atoms with van der Waals surface area (Å²) in [6, 6.07) is 0. The maximum absolute atomic E-state index is 5.96. The molecule has 4 nitrogen and oxygen atoms in total. The number of guanidine groups is 1. The molecule has 2 aliphatic rings. The summed E-state index contributed by atoms with van der Waals surface area (Å²) in [7, 11) is 0. The van der Waals surface area contributed by atoms with Crippen molar-refractivity contribution < 1.29 is 4.74 Å². The number of nitrogens with two attached hydrogens (primary N) is 1. The Morgan fingerprint density at radius 1 is 1.50 bits per heavy atom. The third-order valence-electron chi connectivity index (χ3n) is 2.76. The predicted molar refractivity (Wildman–Crippen MR) is 68.9 cm³/mol. The Morgan fingerprint density at radius 3 is 3.00 bits per heavy atom.